The van der Waals surface area contributed by atoms with Gasteiger partial charge in [-0.3, -0.25) is 10.1 Å². The van der Waals surface area contributed by atoms with Crippen LogP contribution < -0.4 is 0 Å². The summed E-state index contributed by atoms with van der Waals surface area (Å²) in [6.45, 7) is 4.98. The first kappa shape index (κ1) is 12.0. The second kappa shape index (κ2) is 4.43. The van der Waals surface area contributed by atoms with Gasteiger partial charge in [0.25, 0.3) is 5.69 Å². The van der Waals surface area contributed by atoms with E-state index in [1.165, 1.54) is 12.1 Å². The maximum Gasteiger partial charge on any atom is 0.269 e. The Hall–Kier alpha value is -1.46. The van der Waals surface area contributed by atoms with E-state index < -0.39 is 10.7 Å². The van der Waals surface area contributed by atoms with Gasteiger partial charge in [-0.25, -0.2) is 0 Å². The van der Waals surface area contributed by atoms with Gasteiger partial charge in [0.1, 0.15) is 0 Å². The Labute approximate surface area is 99.5 Å². The second-order valence-corrected chi connectivity index (χ2v) is 4.33. The van der Waals surface area contributed by atoms with Gasteiger partial charge >= 0.3 is 0 Å². The molecule has 1 aromatic carbocycles. The number of hydrogen-bond acceptors (Lipinski definition) is 4. The highest BCUT2D eigenvalue weighted by atomic mass is 16.7. The van der Waals surface area contributed by atoms with E-state index >= 15 is 0 Å². The maximum atomic E-state index is 10.8. The molecule has 0 bridgehead atoms. The first-order valence-corrected chi connectivity index (χ1v) is 5.59. The molecule has 1 aliphatic rings. The third-order valence-electron chi connectivity index (χ3n) is 2.94. The molecule has 1 aliphatic heterocycles. The molecule has 0 amide bonds. The van der Waals surface area contributed by atoms with E-state index in [-0.39, 0.29) is 11.6 Å². The summed E-state index contributed by atoms with van der Waals surface area (Å²) < 4.78 is 11.4. The molecule has 2 rings (SSSR count). The number of hydrogen-bond donors (Lipinski definition) is 0. The largest absolute Gasteiger partial charge is 0.343 e. The molecule has 17 heavy (non-hydrogen) atoms. The van der Waals surface area contributed by atoms with Crippen LogP contribution in [0.4, 0.5) is 5.69 Å². The summed E-state index contributed by atoms with van der Waals surface area (Å²) in [4.78, 5) is 10.4. The van der Waals surface area contributed by atoms with Crippen molar-refractivity contribution in [1.82, 2.24) is 0 Å². The summed E-state index contributed by atoms with van der Waals surface area (Å²) in [5, 5.41) is 10.8. The fraction of sp³-hybridized carbons (Fsp3) is 0.500. The summed E-state index contributed by atoms with van der Waals surface area (Å²) in [7, 11) is 0. The minimum Gasteiger partial charge on any atom is -0.343 e. The maximum absolute atomic E-state index is 10.8. The average Bonchev–Trinajstić information content (AvgIpc) is 2.79. The van der Waals surface area contributed by atoms with Gasteiger partial charge in [-0.15, -0.1) is 0 Å². The highest BCUT2D eigenvalue weighted by molar-refractivity contribution is 5.36. The lowest BCUT2D eigenvalue weighted by molar-refractivity contribution is -0.385. The molecule has 1 fully saturated rings. The van der Waals surface area contributed by atoms with Gasteiger partial charge < -0.3 is 9.47 Å². The first-order valence-electron chi connectivity index (χ1n) is 5.59. The molecule has 1 heterocycles. The molecular weight excluding hydrogens is 222 g/mol. The van der Waals surface area contributed by atoms with Crippen molar-refractivity contribution in [1.29, 1.82) is 0 Å². The van der Waals surface area contributed by atoms with Crippen LogP contribution in [-0.2, 0) is 15.3 Å². The van der Waals surface area contributed by atoms with Gasteiger partial charge in [0.2, 0.25) is 0 Å². The molecule has 0 aliphatic carbocycles. The zero-order valence-electron chi connectivity index (χ0n) is 9.88. The molecule has 0 N–H and O–H groups in total. The van der Waals surface area contributed by atoms with Crippen LogP contribution in [0.2, 0.25) is 0 Å². The minimum atomic E-state index is -0.841. The Kier molecular flexibility index (Phi) is 3.13. The fourth-order valence-corrected chi connectivity index (χ4v) is 2.10. The lowest BCUT2D eigenvalue weighted by Crippen LogP contribution is -2.33. The standard InChI is InChI=1S/C12H15NO4/c1-9(2)12(16-6-7-17-12)10-4-3-5-11(8-10)13(14)15/h3-5,8-9H,6-7H2,1-2H3. The number of nitro benzene ring substituents is 1. The Morgan fingerprint density at radius 3 is 2.53 bits per heavy atom. The van der Waals surface area contributed by atoms with Crippen molar-refractivity contribution in [3.05, 3.63) is 39.9 Å². The molecule has 0 unspecified atom stereocenters. The smallest absolute Gasteiger partial charge is 0.269 e. The summed E-state index contributed by atoms with van der Waals surface area (Å²) in [5.74, 6) is -0.751. The Morgan fingerprint density at radius 2 is 2.00 bits per heavy atom. The number of rotatable bonds is 3. The number of benzene rings is 1. The molecule has 0 atom stereocenters. The van der Waals surface area contributed by atoms with E-state index in [9.17, 15) is 10.1 Å². The van der Waals surface area contributed by atoms with Crippen molar-refractivity contribution in [2.45, 2.75) is 19.6 Å². The molecular formula is C12H15NO4. The second-order valence-electron chi connectivity index (χ2n) is 4.33. The number of nitro groups is 1. The van der Waals surface area contributed by atoms with Crippen LogP contribution in [0.5, 0.6) is 0 Å². The minimum absolute atomic E-state index is 0.0571. The van der Waals surface area contributed by atoms with E-state index in [1.807, 2.05) is 13.8 Å². The molecule has 0 aromatic heterocycles. The molecule has 92 valence electrons. The highest BCUT2D eigenvalue weighted by Gasteiger charge is 2.42. The van der Waals surface area contributed by atoms with Crippen LogP contribution in [-0.4, -0.2) is 18.1 Å². The topological polar surface area (TPSA) is 61.6 Å². The van der Waals surface area contributed by atoms with Crippen molar-refractivity contribution >= 4 is 5.69 Å². The molecule has 0 spiro atoms. The molecule has 5 nitrogen and oxygen atoms in total. The molecule has 0 saturated carbocycles. The molecule has 1 aromatic rings. The van der Waals surface area contributed by atoms with Crippen LogP contribution in [0.15, 0.2) is 24.3 Å². The summed E-state index contributed by atoms with van der Waals surface area (Å²) in [6, 6.07) is 6.44. The SMILES string of the molecule is CC(C)C1(c2cccc([N+](=O)[O-])c2)OCCO1. The van der Waals surface area contributed by atoms with Gasteiger partial charge in [0, 0.05) is 23.6 Å². The zero-order chi connectivity index (χ0) is 12.5. The van der Waals surface area contributed by atoms with Crippen LogP contribution in [0.1, 0.15) is 19.4 Å². The van der Waals surface area contributed by atoms with E-state index in [0.29, 0.717) is 18.8 Å². The lowest BCUT2D eigenvalue weighted by Gasteiger charge is -2.31. The van der Waals surface area contributed by atoms with E-state index in [2.05, 4.69) is 0 Å². The molecule has 0 radical (unpaired) electrons. The van der Waals surface area contributed by atoms with Crippen molar-refractivity contribution in [3.8, 4) is 0 Å². The summed E-state index contributed by atoms with van der Waals surface area (Å²) >= 11 is 0. The quantitative estimate of drug-likeness (QED) is 0.598. The number of ether oxygens (including phenoxy) is 2. The van der Waals surface area contributed by atoms with E-state index in [0.717, 1.165) is 0 Å². The van der Waals surface area contributed by atoms with Crippen LogP contribution in [0, 0.1) is 16.0 Å². The normalized spacial score (nSPS) is 18.5. The number of nitrogens with zero attached hydrogens (tertiary/aromatic N) is 1. The van der Waals surface area contributed by atoms with Crippen molar-refractivity contribution in [2.75, 3.05) is 13.2 Å². The predicted octanol–water partition coefficient (Wildman–Crippen LogP) is 2.45. The van der Waals surface area contributed by atoms with Crippen molar-refractivity contribution in [3.63, 3.8) is 0 Å². The lowest BCUT2D eigenvalue weighted by atomic mass is 9.94. The van der Waals surface area contributed by atoms with Crippen molar-refractivity contribution < 1.29 is 14.4 Å². The zero-order valence-corrected chi connectivity index (χ0v) is 9.88. The van der Waals surface area contributed by atoms with Crippen LogP contribution in [0.3, 0.4) is 0 Å². The number of non-ortho nitro benzene ring substituents is 1. The van der Waals surface area contributed by atoms with Gasteiger partial charge in [-0.05, 0) is 0 Å². The van der Waals surface area contributed by atoms with Gasteiger partial charge in [-0.2, -0.15) is 0 Å². The summed E-state index contributed by atoms with van der Waals surface area (Å²) in [6.07, 6.45) is 0. The molecule has 1 saturated heterocycles. The third kappa shape index (κ3) is 2.03. The van der Waals surface area contributed by atoms with Crippen LogP contribution in [0.25, 0.3) is 0 Å². The van der Waals surface area contributed by atoms with Gasteiger partial charge in [0.15, 0.2) is 5.79 Å². The first-order chi connectivity index (χ1) is 8.06. The van der Waals surface area contributed by atoms with E-state index in [4.69, 9.17) is 9.47 Å². The Morgan fingerprint density at radius 1 is 1.35 bits per heavy atom. The summed E-state index contributed by atoms with van der Waals surface area (Å²) in [5.41, 5.74) is 0.765. The Bertz CT molecular complexity index is 424. The van der Waals surface area contributed by atoms with Crippen molar-refractivity contribution in [2.24, 2.45) is 5.92 Å². The van der Waals surface area contributed by atoms with Gasteiger partial charge in [-0.1, -0.05) is 26.0 Å². The third-order valence-corrected chi connectivity index (χ3v) is 2.94. The highest BCUT2D eigenvalue weighted by Crippen LogP contribution is 2.39. The molecule has 5 heteroatoms. The van der Waals surface area contributed by atoms with Gasteiger partial charge in [0.05, 0.1) is 18.1 Å². The average molecular weight is 237 g/mol. The predicted molar refractivity (Wildman–Crippen MR) is 61.5 cm³/mol. The monoisotopic (exact) mass is 237 g/mol. The fourth-order valence-electron chi connectivity index (χ4n) is 2.10. The Balaban J connectivity index is 2.43. The van der Waals surface area contributed by atoms with Crippen LogP contribution >= 0.6 is 0 Å². The van der Waals surface area contributed by atoms with E-state index in [1.54, 1.807) is 12.1 Å².